The third-order valence-electron chi connectivity index (χ3n) is 1.84. The van der Waals surface area contributed by atoms with Crippen molar-refractivity contribution in [2.45, 2.75) is 13.8 Å². The summed E-state index contributed by atoms with van der Waals surface area (Å²) in [5.41, 5.74) is 0.270. The van der Waals surface area contributed by atoms with Crippen molar-refractivity contribution < 1.29 is 9.90 Å². The van der Waals surface area contributed by atoms with Gasteiger partial charge in [-0.25, -0.2) is 0 Å². The Morgan fingerprint density at radius 2 is 1.94 bits per heavy atom. The second-order valence-electron chi connectivity index (χ2n) is 3.29. The van der Waals surface area contributed by atoms with Gasteiger partial charge in [-0.05, 0) is 25.1 Å². The Bertz CT molecular complexity index is 506. The third-order valence-corrected chi connectivity index (χ3v) is 2.38. The first kappa shape index (κ1) is 13.7. The number of hydrogen-bond donors (Lipinski definition) is 1. The van der Waals surface area contributed by atoms with Gasteiger partial charge in [-0.1, -0.05) is 23.2 Å². The molecule has 90 valence electrons. The first-order chi connectivity index (χ1) is 7.91. The highest BCUT2D eigenvalue weighted by molar-refractivity contribution is 6.36. The molecule has 0 atom stereocenters. The molecule has 0 spiro atoms. The van der Waals surface area contributed by atoms with Gasteiger partial charge in [0.2, 0.25) is 0 Å². The molecule has 0 aliphatic rings. The van der Waals surface area contributed by atoms with E-state index >= 15 is 0 Å². The Labute approximate surface area is 109 Å². The summed E-state index contributed by atoms with van der Waals surface area (Å²) in [4.78, 5) is 11.1. The number of ketones is 1. The SMILES string of the molecule is CC(=O)C(N=Nc1ccc(Cl)cc1Cl)=C(C)O. The van der Waals surface area contributed by atoms with Gasteiger partial charge < -0.3 is 5.11 Å². The van der Waals surface area contributed by atoms with Crippen LogP contribution in [-0.4, -0.2) is 10.9 Å². The van der Waals surface area contributed by atoms with E-state index in [1.54, 1.807) is 12.1 Å². The molecule has 0 heterocycles. The van der Waals surface area contributed by atoms with E-state index in [-0.39, 0.29) is 17.2 Å². The number of allylic oxidation sites excluding steroid dienone is 2. The zero-order chi connectivity index (χ0) is 13.0. The molecule has 6 heteroatoms. The Balaban J connectivity index is 3.05. The number of nitrogens with zero attached hydrogens (tertiary/aromatic N) is 2. The molecule has 0 bridgehead atoms. The average molecular weight is 273 g/mol. The topological polar surface area (TPSA) is 62.0 Å². The monoisotopic (exact) mass is 272 g/mol. The van der Waals surface area contributed by atoms with E-state index < -0.39 is 0 Å². The molecule has 1 aromatic carbocycles. The molecule has 0 aliphatic heterocycles. The average Bonchev–Trinajstić information content (AvgIpc) is 2.20. The van der Waals surface area contributed by atoms with Gasteiger partial charge in [0.15, 0.2) is 11.5 Å². The van der Waals surface area contributed by atoms with Crippen molar-refractivity contribution in [3.63, 3.8) is 0 Å². The maximum absolute atomic E-state index is 11.1. The van der Waals surface area contributed by atoms with E-state index in [1.165, 1.54) is 19.9 Å². The molecule has 0 unspecified atom stereocenters. The number of rotatable bonds is 3. The lowest BCUT2D eigenvalue weighted by atomic mass is 10.3. The fourth-order valence-electron chi connectivity index (χ4n) is 1.06. The first-order valence-electron chi connectivity index (χ1n) is 4.69. The molecule has 1 aromatic rings. The maximum Gasteiger partial charge on any atom is 0.183 e. The predicted molar refractivity (Wildman–Crippen MR) is 67.0 cm³/mol. The minimum absolute atomic E-state index is 0.101. The first-order valence-corrected chi connectivity index (χ1v) is 5.45. The van der Waals surface area contributed by atoms with Gasteiger partial charge in [0.1, 0.15) is 11.4 Å². The van der Waals surface area contributed by atoms with Crippen LogP contribution in [0, 0.1) is 0 Å². The Kier molecular flexibility index (Phi) is 4.66. The van der Waals surface area contributed by atoms with E-state index in [2.05, 4.69) is 10.2 Å². The third kappa shape index (κ3) is 3.84. The Morgan fingerprint density at radius 1 is 1.29 bits per heavy atom. The van der Waals surface area contributed by atoms with Crippen molar-refractivity contribution in [1.82, 2.24) is 0 Å². The standard InChI is InChI=1S/C11H10Cl2N2O2/c1-6(16)11(7(2)17)15-14-10-4-3-8(12)5-9(10)13/h3-5,16H,1-2H3. The van der Waals surface area contributed by atoms with E-state index in [0.717, 1.165) is 0 Å². The molecule has 0 saturated carbocycles. The zero-order valence-electron chi connectivity index (χ0n) is 9.24. The fourth-order valence-corrected chi connectivity index (χ4v) is 1.51. The lowest BCUT2D eigenvalue weighted by molar-refractivity contribution is -0.113. The molecule has 4 nitrogen and oxygen atoms in total. The van der Waals surface area contributed by atoms with Crippen LogP contribution in [0.25, 0.3) is 0 Å². The van der Waals surface area contributed by atoms with Crippen molar-refractivity contribution in [2.24, 2.45) is 10.2 Å². The minimum atomic E-state index is -0.376. The van der Waals surface area contributed by atoms with Crippen LogP contribution in [-0.2, 0) is 4.79 Å². The van der Waals surface area contributed by atoms with E-state index in [9.17, 15) is 9.90 Å². The van der Waals surface area contributed by atoms with Gasteiger partial charge in [0, 0.05) is 11.9 Å². The van der Waals surface area contributed by atoms with Gasteiger partial charge in [-0.15, -0.1) is 10.2 Å². The summed E-state index contributed by atoms with van der Waals surface area (Å²) in [6.45, 7) is 2.65. The predicted octanol–water partition coefficient (Wildman–Crippen LogP) is 4.46. The second-order valence-corrected chi connectivity index (χ2v) is 4.13. The van der Waals surface area contributed by atoms with E-state index in [0.29, 0.717) is 15.7 Å². The van der Waals surface area contributed by atoms with Crippen LogP contribution in [0.3, 0.4) is 0 Å². The molecule has 1 N–H and O–H groups in total. The smallest absolute Gasteiger partial charge is 0.183 e. The number of halogens is 2. The lowest BCUT2D eigenvalue weighted by Gasteiger charge is -1.99. The van der Waals surface area contributed by atoms with Gasteiger partial charge >= 0.3 is 0 Å². The molecule has 0 radical (unpaired) electrons. The largest absolute Gasteiger partial charge is 0.510 e. The van der Waals surface area contributed by atoms with Crippen LogP contribution in [0.1, 0.15) is 13.8 Å². The summed E-state index contributed by atoms with van der Waals surface area (Å²) < 4.78 is 0. The maximum atomic E-state index is 11.1. The second kappa shape index (κ2) is 5.80. The van der Waals surface area contributed by atoms with Gasteiger partial charge in [0.25, 0.3) is 0 Å². The molecule has 17 heavy (non-hydrogen) atoms. The van der Waals surface area contributed by atoms with Crippen LogP contribution < -0.4 is 0 Å². The summed E-state index contributed by atoms with van der Waals surface area (Å²) in [7, 11) is 0. The van der Waals surface area contributed by atoms with Crippen molar-refractivity contribution in [3.8, 4) is 0 Å². The lowest BCUT2D eigenvalue weighted by Crippen LogP contribution is -1.96. The number of carbonyl (C=O) groups is 1. The zero-order valence-corrected chi connectivity index (χ0v) is 10.7. The van der Waals surface area contributed by atoms with Gasteiger partial charge in [0.05, 0.1) is 5.02 Å². The molecular formula is C11H10Cl2N2O2. The molecule has 0 saturated heterocycles. The molecule has 0 amide bonds. The van der Waals surface area contributed by atoms with Crippen LogP contribution in [0.2, 0.25) is 10.0 Å². The summed E-state index contributed by atoms with van der Waals surface area (Å²) in [6, 6.07) is 4.68. The van der Waals surface area contributed by atoms with Crippen molar-refractivity contribution >= 4 is 34.7 Å². The Morgan fingerprint density at radius 3 is 2.41 bits per heavy atom. The highest BCUT2D eigenvalue weighted by Crippen LogP contribution is 2.28. The van der Waals surface area contributed by atoms with E-state index in [4.69, 9.17) is 23.2 Å². The van der Waals surface area contributed by atoms with E-state index in [1.807, 2.05) is 0 Å². The number of azo groups is 1. The van der Waals surface area contributed by atoms with Crippen molar-refractivity contribution in [1.29, 1.82) is 0 Å². The van der Waals surface area contributed by atoms with Gasteiger partial charge in [-0.3, -0.25) is 4.79 Å². The summed E-state index contributed by atoms with van der Waals surface area (Å²) >= 11 is 11.6. The molecule has 1 rings (SSSR count). The number of benzene rings is 1. The van der Waals surface area contributed by atoms with Crippen molar-refractivity contribution in [2.75, 3.05) is 0 Å². The van der Waals surface area contributed by atoms with Gasteiger partial charge in [-0.2, -0.15) is 0 Å². The quantitative estimate of drug-likeness (QED) is 0.502. The van der Waals surface area contributed by atoms with Crippen LogP contribution in [0.5, 0.6) is 0 Å². The number of hydrogen-bond acceptors (Lipinski definition) is 4. The summed E-state index contributed by atoms with van der Waals surface area (Å²) in [5.74, 6) is -0.565. The van der Waals surface area contributed by atoms with Crippen LogP contribution >= 0.6 is 23.2 Å². The van der Waals surface area contributed by atoms with Crippen molar-refractivity contribution in [3.05, 3.63) is 39.7 Å². The normalized spacial score (nSPS) is 12.7. The Hall–Kier alpha value is -1.39. The number of Topliss-reactive ketones (excluding diaryl/α,β-unsaturated/α-hetero) is 1. The molecule has 0 aromatic heterocycles. The summed E-state index contributed by atoms with van der Waals surface area (Å²) in [6.07, 6.45) is 0. The summed E-state index contributed by atoms with van der Waals surface area (Å²) in [5, 5.41) is 17.5. The highest BCUT2D eigenvalue weighted by atomic mass is 35.5. The minimum Gasteiger partial charge on any atom is -0.510 e. The number of carbonyl (C=O) groups excluding carboxylic acids is 1. The van der Waals surface area contributed by atoms with Crippen LogP contribution in [0.4, 0.5) is 5.69 Å². The number of aliphatic hydroxyl groups excluding tert-OH is 1. The molecular weight excluding hydrogens is 263 g/mol. The number of aliphatic hydroxyl groups is 1. The highest BCUT2D eigenvalue weighted by Gasteiger charge is 2.07. The van der Waals surface area contributed by atoms with Crippen LogP contribution in [0.15, 0.2) is 39.9 Å². The fraction of sp³-hybridized carbons (Fsp3) is 0.182. The molecule has 0 fully saturated rings. The molecule has 0 aliphatic carbocycles.